The summed E-state index contributed by atoms with van der Waals surface area (Å²) in [4.78, 5) is 10.8. The van der Waals surface area contributed by atoms with E-state index in [2.05, 4.69) is 39.5 Å². The predicted octanol–water partition coefficient (Wildman–Crippen LogP) is 1.42. The number of anilines is 2. The molecule has 0 aliphatic heterocycles. The SMILES string of the molecule is CNc1ncnc(NCC(C)N(C)C2CC2)c1OC. The molecule has 6 nitrogen and oxygen atoms in total. The molecule has 1 aromatic rings. The number of nitrogens with one attached hydrogen (secondary N) is 2. The lowest BCUT2D eigenvalue weighted by molar-refractivity contribution is 0.257. The lowest BCUT2D eigenvalue weighted by atomic mass is 10.3. The third-order valence-corrected chi connectivity index (χ3v) is 3.63. The second kappa shape index (κ2) is 6.06. The molecule has 0 bridgehead atoms. The summed E-state index contributed by atoms with van der Waals surface area (Å²) in [5.41, 5.74) is 0. The Morgan fingerprint density at radius 1 is 1.42 bits per heavy atom. The van der Waals surface area contributed by atoms with Gasteiger partial charge in [0.05, 0.1) is 7.11 Å². The van der Waals surface area contributed by atoms with Gasteiger partial charge in [-0.2, -0.15) is 0 Å². The molecule has 0 spiro atoms. The Balaban J connectivity index is 1.98. The van der Waals surface area contributed by atoms with Crippen LogP contribution in [0.25, 0.3) is 0 Å². The van der Waals surface area contributed by atoms with Crippen LogP contribution in [0.5, 0.6) is 5.75 Å². The topological polar surface area (TPSA) is 62.3 Å². The van der Waals surface area contributed by atoms with Gasteiger partial charge in [0, 0.05) is 25.7 Å². The van der Waals surface area contributed by atoms with Gasteiger partial charge in [0.25, 0.3) is 0 Å². The molecule has 6 heteroatoms. The van der Waals surface area contributed by atoms with Crippen LogP contribution < -0.4 is 15.4 Å². The minimum absolute atomic E-state index is 0.463. The number of nitrogens with zero attached hydrogens (tertiary/aromatic N) is 3. The molecule has 106 valence electrons. The quantitative estimate of drug-likeness (QED) is 0.777. The highest BCUT2D eigenvalue weighted by atomic mass is 16.5. The maximum Gasteiger partial charge on any atom is 0.204 e. The highest BCUT2D eigenvalue weighted by Crippen LogP contribution is 2.29. The Labute approximate surface area is 114 Å². The van der Waals surface area contributed by atoms with Gasteiger partial charge >= 0.3 is 0 Å². The third-order valence-electron chi connectivity index (χ3n) is 3.63. The van der Waals surface area contributed by atoms with Crippen LogP contribution in [0.4, 0.5) is 11.6 Å². The zero-order chi connectivity index (χ0) is 13.8. The van der Waals surface area contributed by atoms with Gasteiger partial charge in [0.2, 0.25) is 5.75 Å². The van der Waals surface area contributed by atoms with E-state index in [4.69, 9.17) is 4.74 Å². The summed E-state index contributed by atoms with van der Waals surface area (Å²) in [6.07, 6.45) is 4.18. The van der Waals surface area contributed by atoms with Crippen LogP contribution in [-0.4, -0.2) is 54.7 Å². The van der Waals surface area contributed by atoms with Gasteiger partial charge in [0.1, 0.15) is 6.33 Å². The maximum absolute atomic E-state index is 5.36. The molecule has 1 unspecified atom stereocenters. The molecule has 1 fully saturated rings. The van der Waals surface area contributed by atoms with Gasteiger partial charge in [0.15, 0.2) is 11.6 Å². The van der Waals surface area contributed by atoms with E-state index < -0.39 is 0 Å². The van der Waals surface area contributed by atoms with Crippen LogP contribution >= 0.6 is 0 Å². The van der Waals surface area contributed by atoms with Crippen molar-refractivity contribution >= 4 is 11.6 Å². The third kappa shape index (κ3) is 3.26. The second-order valence-corrected chi connectivity index (χ2v) is 4.98. The molecule has 0 amide bonds. The van der Waals surface area contributed by atoms with E-state index >= 15 is 0 Å². The molecule has 1 aromatic heterocycles. The highest BCUT2D eigenvalue weighted by Gasteiger charge is 2.29. The number of rotatable bonds is 7. The lowest BCUT2D eigenvalue weighted by Gasteiger charge is -2.25. The normalized spacial score (nSPS) is 16.3. The van der Waals surface area contributed by atoms with Crippen molar-refractivity contribution in [3.8, 4) is 5.75 Å². The average Bonchev–Trinajstić information content (AvgIpc) is 3.27. The number of aromatic nitrogens is 2. The number of likely N-dealkylation sites (N-methyl/N-ethyl adjacent to an activating group) is 1. The molecule has 0 aromatic carbocycles. The van der Waals surface area contributed by atoms with E-state index in [1.165, 1.54) is 19.2 Å². The Morgan fingerprint density at radius 2 is 2.11 bits per heavy atom. The molecular weight excluding hydrogens is 242 g/mol. The van der Waals surface area contributed by atoms with Crippen LogP contribution in [0, 0.1) is 0 Å². The van der Waals surface area contributed by atoms with Gasteiger partial charge in [-0.25, -0.2) is 9.97 Å². The molecule has 2 rings (SSSR count). The smallest absolute Gasteiger partial charge is 0.204 e. The minimum atomic E-state index is 0.463. The van der Waals surface area contributed by atoms with Crippen molar-refractivity contribution in [2.24, 2.45) is 0 Å². The minimum Gasteiger partial charge on any atom is -0.490 e. The summed E-state index contributed by atoms with van der Waals surface area (Å²) < 4.78 is 5.36. The largest absolute Gasteiger partial charge is 0.490 e. The van der Waals surface area contributed by atoms with Crippen molar-refractivity contribution in [2.45, 2.75) is 31.8 Å². The first kappa shape index (κ1) is 13.9. The van der Waals surface area contributed by atoms with E-state index in [-0.39, 0.29) is 0 Å². The Bertz CT molecular complexity index is 421. The predicted molar refractivity (Wildman–Crippen MR) is 76.9 cm³/mol. The van der Waals surface area contributed by atoms with E-state index in [1.807, 2.05) is 7.05 Å². The summed E-state index contributed by atoms with van der Waals surface area (Å²) in [5, 5.41) is 6.34. The maximum atomic E-state index is 5.36. The molecular formula is C13H23N5O. The van der Waals surface area contributed by atoms with Gasteiger partial charge in [-0.1, -0.05) is 0 Å². The first-order valence-electron chi connectivity index (χ1n) is 6.70. The molecule has 1 atom stereocenters. The average molecular weight is 265 g/mol. The fraction of sp³-hybridized carbons (Fsp3) is 0.692. The van der Waals surface area contributed by atoms with Crippen molar-refractivity contribution in [3.05, 3.63) is 6.33 Å². The molecule has 0 radical (unpaired) electrons. The molecule has 1 aliphatic rings. The standard InChI is InChI=1S/C13H23N5O/c1-9(18(3)10-5-6-10)7-15-13-11(19-4)12(14-2)16-8-17-13/h8-10H,5-7H2,1-4H3,(H2,14,15,16,17). The van der Waals surface area contributed by atoms with E-state index in [1.54, 1.807) is 7.11 Å². The number of hydrogen-bond acceptors (Lipinski definition) is 6. The summed E-state index contributed by atoms with van der Waals surface area (Å²) in [7, 11) is 5.63. The molecule has 1 heterocycles. The highest BCUT2D eigenvalue weighted by molar-refractivity contribution is 5.63. The second-order valence-electron chi connectivity index (χ2n) is 4.98. The van der Waals surface area contributed by atoms with E-state index in [0.29, 0.717) is 17.6 Å². The van der Waals surface area contributed by atoms with Gasteiger partial charge < -0.3 is 15.4 Å². The molecule has 0 saturated heterocycles. The zero-order valence-electron chi connectivity index (χ0n) is 12.1. The van der Waals surface area contributed by atoms with Crippen molar-refractivity contribution < 1.29 is 4.74 Å². The Hall–Kier alpha value is -1.56. The van der Waals surface area contributed by atoms with Crippen LogP contribution in [0.2, 0.25) is 0 Å². The Kier molecular flexibility index (Phi) is 4.42. The summed E-state index contributed by atoms with van der Waals surface area (Å²) in [6.45, 7) is 3.06. The summed E-state index contributed by atoms with van der Waals surface area (Å²) in [5.74, 6) is 2.09. The van der Waals surface area contributed by atoms with Crippen molar-refractivity contribution in [1.29, 1.82) is 0 Å². The fourth-order valence-corrected chi connectivity index (χ4v) is 2.10. The Morgan fingerprint density at radius 3 is 2.68 bits per heavy atom. The van der Waals surface area contributed by atoms with Gasteiger partial charge in [-0.05, 0) is 26.8 Å². The summed E-state index contributed by atoms with van der Waals surface area (Å²) >= 11 is 0. The molecule has 1 aliphatic carbocycles. The zero-order valence-corrected chi connectivity index (χ0v) is 12.1. The first-order chi connectivity index (χ1) is 9.17. The molecule has 19 heavy (non-hydrogen) atoms. The van der Waals surface area contributed by atoms with E-state index in [0.717, 1.165) is 18.4 Å². The first-order valence-corrected chi connectivity index (χ1v) is 6.70. The van der Waals surface area contributed by atoms with Crippen molar-refractivity contribution in [2.75, 3.05) is 38.4 Å². The van der Waals surface area contributed by atoms with Crippen LogP contribution in [0.1, 0.15) is 19.8 Å². The van der Waals surface area contributed by atoms with Crippen LogP contribution in [0.15, 0.2) is 6.33 Å². The van der Waals surface area contributed by atoms with Crippen LogP contribution in [0.3, 0.4) is 0 Å². The molecule has 2 N–H and O–H groups in total. The number of hydrogen-bond donors (Lipinski definition) is 2. The lowest BCUT2D eigenvalue weighted by Crippen LogP contribution is -2.36. The van der Waals surface area contributed by atoms with Crippen LogP contribution in [-0.2, 0) is 0 Å². The van der Waals surface area contributed by atoms with Gasteiger partial charge in [-0.3, -0.25) is 4.90 Å². The number of methoxy groups -OCH3 is 1. The fourth-order valence-electron chi connectivity index (χ4n) is 2.10. The summed E-state index contributed by atoms with van der Waals surface area (Å²) in [6, 6.07) is 1.22. The van der Waals surface area contributed by atoms with Crippen molar-refractivity contribution in [3.63, 3.8) is 0 Å². The van der Waals surface area contributed by atoms with E-state index in [9.17, 15) is 0 Å². The molecule has 1 saturated carbocycles. The van der Waals surface area contributed by atoms with Crippen molar-refractivity contribution in [1.82, 2.24) is 14.9 Å². The monoisotopic (exact) mass is 265 g/mol. The number of ether oxygens (including phenoxy) is 1. The van der Waals surface area contributed by atoms with Gasteiger partial charge in [-0.15, -0.1) is 0 Å².